The first-order chi connectivity index (χ1) is 4.75. The first-order valence-electron chi connectivity index (χ1n) is 2.44. The average Bonchev–Trinajstić information content (AvgIpc) is 2.34. The molecule has 0 bridgehead atoms. The van der Waals surface area contributed by atoms with Crippen molar-refractivity contribution in [2.24, 2.45) is 0 Å². The highest BCUT2D eigenvalue weighted by molar-refractivity contribution is 14.1. The number of hydrogen-bond acceptors (Lipinski definition) is 4. The van der Waals surface area contributed by atoms with Gasteiger partial charge in [0.1, 0.15) is 0 Å². The first kappa shape index (κ1) is 7.93. The number of ether oxygens (including phenoxy) is 1. The predicted molar refractivity (Wildman–Crippen MR) is 46.2 cm³/mol. The maximum absolute atomic E-state index is 10.8. The number of rotatable bonds is 1. The van der Waals surface area contributed by atoms with E-state index in [1.165, 1.54) is 18.6 Å². The van der Waals surface area contributed by atoms with Gasteiger partial charge in [0, 0.05) is 5.38 Å². The maximum Gasteiger partial charge on any atom is 0.358 e. The standard InChI is InChI=1S/C5H4INO2S/c1-9-5(8)4-3(6)2-10-7-4/h2H,1H3. The Balaban J connectivity index is 2.93. The molecule has 1 rings (SSSR count). The smallest absolute Gasteiger partial charge is 0.358 e. The van der Waals surface area contributed by atoms with Gasteiger partial charge in [0.05, 0.1) is 10.7 Å². The summed E-state index contributed by atoms with van der Waals surface area (Å²) in [6.07, 6.45) is 0. The van der Waals surface area contributed by atoms with Crippen LogP contribution in [0.2, 0.25) is 0 Å². The van der Waals surface area contributed by atoms with Gasteiger partial charge in [-0.25, -0.2) is 4.79 Å². The fourth-order valence-electron chi connectivity index (χ4n) is 0.456. The Morgan fingerprint density at radius 1 is 1.90 bits per heavy atom. The second-order valence-electron chi connectivity index (χ2n) is 1.50. The first-order valence-corrected chi connectivity index (χ1v) is 4.35. The summed E-state index contributed by atoms with van der Waals surface area (Å²) in [6.45, 7) is 0. The quantitative estimate of drug-likeness (QED) is 0.573. The fraction of sp³-hybridized carbons (Fsp3) is 0.200. The summed E-state index contributed by atoms with van der Waals surface area (Å²) in [6, 6.07) is 0. The van der Waals surface area contributed by atoms with Gasteiger partial charge in [-0.15, -0.1) is 0 Å². The zero-order valence-electron chi connectivity index (χ0n) is 5.13. The predicted octanol–water partition coefficient (Wildman–Crippen LogP) is 1.53. The fourth-order valence-corrected chi connectivity index (χ4v) is 1.84. The molecular formula is C5H4INO2S. The van der Waals surface area contributed by atoms with Crippen molar-refractivity contribution >= 4 is 40.1 Å². The molecule has 0 amide bonds. The van der Waals surface area contributed by atoms with Crippen molar-refractivity contribution < 1.29 is 9.53 Å². The van der Waals surface area contributed by atoms with Crippen LogP contribution in [0.15, 0.2) is 5.38 Å². The van der Waals surface area contributed by atoms with E-state index in [1.54, 1.807) is 5.38 Å². The molecule has 1 aromatic heterocycles. The summed E-state index contributed by atoms with van der Waals surface area (Å²) in [5.41, 5.74) is 0.410. The number of esters is 1. The Morgan fingerprint density at radius 3 is 3.00 bits per heavy atom. The second-order valence-corrected chi connectivity index (χ2v) is 3.29. The molecule has 0 radical (unpaired) electrons. The lowest BCUT2D eigenvalue weighted by molar-refractivity contribution is 0.0594. The Morgan fingerprint density at radius 2 is 2.60 bits per heavy atom. The monoisotopic (exact) mass is 269 g/mol. The van der Waals surface area contributed by atoms with E-state index in [0.29, 0.717) is 5.69 Å². The molecule has 0 unspecified atom stereocenters. The van der Waals surface area contributed by atoms with Crippen molar-refractivity contribution in [3.05, 3.63) is 14.6 Å². The van der Waals surface area contributed by atoms with E-state index in [-0.39, 0.29) is 5.97 Å². The zero-order chi connectivity index (χ0) is 7.56. The molecule has 0 spiro atoms. The van der Waals surface area contributed by atoms with Crippen molar-refractivity contribution in [1.29, 1.82) is 0 Å². The van der Waals surface area contributed by atoms with Gasteiger partial charge in [0.15, 0.2) is 5.69 Å². The molecule has 1 heterocycles. The van der Waals surface area contributed by atoms with E-state index in [1.807, 2.05) is 22.6 Å². The highest BCUT2D eigenvalue weighted by Gasteiger charge is 2.11. The number of carbonyl (C=O) groups excluding carboxylic acids is 1. The molecule has 0 aliphatic heterocycles. The summed E-state index contributed by atoms with van der Waals surface area (Å²) in [5, 5.41) is 1.80. The van der Waals surface area contributed by atoms with Crippen molar-refractivity contribution in [2.45, 2.75) is 0 Å². The Kier molecular flexibility index (Phi) is 2.61. The third-order valence-electron chi connectivity index (χ3n) is 0.905. The van der Waals surface area contributed by atoms with Gasteiger partial charge < -0.3 is 4.74 Å². The van der Waals surface area contributed by atoms with E-state index in [9.17, 15) is 4.79 Å². The minimum absolute atomic E-state index is 0.370. The molecule has 0 saturated heterocycles. The molecule has 3 nitrogen and oxygen atoms in total. The number of carbonyl (C=O) groups is 1. The van der Waals surface area contributed by atoms with E-state index in [0.717, 1.165) is 3.57 Å². The van der Waals surface area contributed by atoms with Crippen LogP contribution in [0, 0.1) is 3.57 Å². The lowest BCUT2D eigenvalue weighted by Crippen LogP contribution is -2.02. The van der Waals surface area contributed by atoms with Crippen LogP contribution in [0.3, 0.4) is 0 Å². The molecule has 54 valence electrons. The minimum atomic E-state index is -0.370. The summed E-state index contributed by atoms with van der Waals surface area (Å²) in [5.74, 6) is -0.370. The third-order valence-corrected chi connectivity index (χ3v) is 2.78. The van der Waals surface area contributed by atoms with Gasteiger partial charge in [-0.1, -0.05) is 0 Å². The molecule has 0 N–H and O–H groups in total. The Bertz CT molecular complexity index is 248. The van der Waals surface area contributed by atoms with Crippen LogP contribution in [0.4, 0.5) is 0 Å². The highest BCUT2D eigenvalue weighted by atomic mass is 127. The number of aromatic nitrogens is 1. The molecule has 5 heteroatoms. The number of hydrogen-bond donors (Lipinski definition) is 0. The molecule has 0 aromatic carbocycles. The van der Waals surface area contributed by atoms with Gasteiger partial charge in [-0.3, -0.25) is 0 Å². The second kappa shape index (κ2) is 3.29. The lowest BCUT2D eigenvalue weighted by Gasteiger charge is -1.91. The molecule has 0 aliphatic rings. The van der Waals surface area contributed by atoms with E-state index >= 15 is 0 Å². The molecule has 0 aliphatic carbocycles. The topological polar surface area (TPSA) is 39.2 Å². The van der Waals surface area contributed by atoms with Crippen molar-refractivity contribution in [1.82, 2.24) is 4.37 Å². The van der Waals surface area contributed by atoms with E-state index < -0.39 is 0 Å². The largest absolute Gasteiger partial charge is 0.464 e. The van der Waals surface area contributed by atoms with Gasteiger partial charge in [-0.2, -0.15) is 4.37 Å². The summed E-state index contributed by atoms with van der Waals surface area (Å²) >= 11 is 3.29. The van der Waals surface area contributed by atoms with E-state index in [4.69, 9.17) is 0 Å². The van der Waals surface area contributed by atoms with Crippen LogP contribution < -0.4 is 0 Å². The van der Waals surface area contributed by atoms with Crippen molar-refractivity contribution in [3.8, 4) is 0 Å². The van der Waals surface area contributed by atoms with Crippen LogP contribution in [0.5, 0.6) is 0 Å². The molecule has 0 atom stereocenters. The third kappa shape index (κ3) is 1.46. The van der Waals surface area contributed by atoms with Gasteiger partial charge in [0.25, 0.3) is 0 Å². The minimum Gasteiger partial charge on any atom is -0.464 e. The van der Waals surface area contributed by atoms with Crippen LogP contribution in [0.1, 0.15) is 10.5 Å². The van der Waals surface area contributed by atoms with Crippen molar-refractivity contribution in [3.63, 3.8) is 0 Å². The van der Waals surface area contributed by atoms with Gasteiger partial charge >= 0.3 is 5.97 Å². The molecular weight excluding hydrogens is 265 g/mol. The molecule has 0 saturated carbocycles. The molecule has 0 fully saturated rings. The molecule has 10 heavy (non-hydrogen) atoms. The van der Waals surface area contributed by atoms with Crippen LogP contribution in [0.25, 0.3) is 0 Å². The van der Waals surface area contributed by atoms with Crippen LogP contribution in [-0.4, -0.2) is 17.5 Å². The lowest BCUT2D eigenvalue weighted by atomic mass is 10.4. The maximum atomic E-state index is 10.8. The molecule has 1 aromatic rings. The zero-order valence-corrected chi connectivity index (χ0v) is 8.10. The number of methoxy groups -OCH3 is 1. The highest BCUT2D eigenvalue weighted by Crippen LogP contribution is 2.13. The van der Waals surface area contributed by atoms with Gasteiger partial charge in [0.2, 0.25) is 0 Å². The summed E-state index contributed by atoms with van der Waals surface area (Å²) in [7, 11) is 1.34. The van der Waals surface area contributed by atoms with Gasteiger partial charge in [-0.05, 0) is 34.1 Å². The van der Waals surface area contributed by atoms with Crippen LogP contribution in [-0.2, 0) is 4.74 Å². The summed E-state index contributed by atoms with van der Waals surface area (Å²) < 4.78 is 9.16. The normalized spacial score (nSPS) is 9.40. The van der Waals surface area contributed by atoms with E-state index in [2.05, 4.69) is 9.11 Å². The number of nitrogens with zero attached hydrogens (tertiary/aromatic N) is 1. The Hall–Kier alpha value is -0.170. The Labute approximate surface area is 75.7 Å². The summed E-state index contributed by atoms with van der Waals surface area (Å²) in [4.78, 5) is 10.8. The average molecular weight is 269 g/mol. The van der Waals surface area contributed by atoms with Crippen LogP contribution >= 0.6 is 34.1 Å². The van der Waals surface area contributed by atoms with Crippen molar-refractivity contribution in [2.75, 3.05) is 7.11 Å². The SMILES string of the molecule is COC(=O)c1nscc1I. The number of halogens is 1.